The minimum Gasteiger partial charge on any atom is -0.372 e. The van der Waals surface area contributed by atoms with E-state index in [0.29, 0.717) is 6.54 Å². The Bertz CT molecular complexity index is 651. The third-order valence-electron chi connectivity index (χ3n) is 4.30. The summed E-state index contributed by atoms with van der Waals surface area (Å²) >= 11 is 1.59. The van der Waals surface area contributed by atoms with E-state index in [0.717, 1.165) is 23.5 Å². The summed E-state index contributed by atoms with van der Waals surface area (Å²) < 4.78 is 0. The van der Waals surface area contributed by atoms with Crippen molar-refractivity contribution in [2.75, 3.05) is 18.0 Å². The molecule has 0 saturated carbocycles. The first-order valence-corrected chi connectivity index (χ1v) is 9.43. The Kier molecular flexibility index (Phi) is 5.81. The van der Waals surface area contributed by atoms with Crippen LogP contribution in [0.2, 0.25) is 0 Å². The Labute approximate surface area is 148 Å². The number of nitrogens with zero attached hydrogens (tertiary/aromatic N) is 1. The maximum absolute atomic E-state index is 12.3. The molecular formula is C20H24N2OS. The van der Waals surface area contributed by atoms with Gasteiger partial charge in [-0.15, -0.1) is 11.8 Å². The SMILES string of the molecule is CC(Sc1ccccc1)C(=O)NCc1ccc(N2CCCC2)cc1. The second-order valence-electron chi connectivity index (χ2n) is 6.15. The van der Waals surface area contributed by atoms with Gasteiger partial charge in [-0.25, -0.2) is 0 Å². The Balaban J connectivity index is 1.48. The summed E-state index contributed by atoms with van der Waals surface area (Å²) in [4.78, 5) is 15.8. The fourth-order valence-corrected chi connectivity index (χ4v) is 3.80. The molecule has 1 aliphatic heterocycles. The van der Waals surface area contributed by atoms with Crippen molar-refractivity contribution >= 4 is 23.4 Å². The van der Waals surface area contributed by atoms with Gasteiger partial charge in [0, 0.05) is 30.2 Å². The van der Waals surface area contributed by atoms with Crippen molar-refractivity contribution in [1.82, 2.24) is 5.32 Å². The minimum absolute atomic E-state index is 0.0764. The number of carbonyl (C=O) groups is 1. The first-order valence-electron chi connectivity index (χ1n) is 8.56. The van der Waals surface area contributed by atoms with Gasteiger partial charge in [0.25, 0.3) is 0 Å². The quantitative estimate of drug-likeness (QED) is 0.804. The molecule has 2 aromatic carbocycles. The topological polar surface area (TPSA) is 32.3 Å². The molecule has 1 amide bonds. The lowest BCUT2D eigenvalue weighted by Crippen LogP contribution is -2.30. The average molecular weight is 340 g/mol. The average Bonchev–Trinajstić information content (AvgIpc) is 3.15. The van der Waals surface area contributed by atoms with Crippen molar-refractivity contribution in [3.05, 3.63) is 60.2 Å². The highest BCUT2D eigenvalue weighted by atomic mass is 32.2. The van der Waals surface area contributed by atoms with Crippen molar-refractivity contribution in [2.45, 2.75) is 36.5 Å². The maximum Gasteiger partial charge on any atom is 0.233 e. The molecule has 1 saturated heterocycles. The summed E-state index contributed by atoms with van der Waals surface area (Å²) in [7, 11) is 0. The molecule has 1 aliphatic rings. The molecule has 1 fully saturated rings. The van der Waals surface area contributed by atoms with E-state index >= 15 is 0 Å². The molecule has 0 aliphatic carbocycles. The van der Waals surface area contributed by atoms with Crippen molar-refractivity contribution in [3.63, 3.8) is 0 Å². The van der Waals surface area contributed by atoms with Gasteiger partial charge in [0.2, 0.25) is 5.91 Å². The molecule has 4 heteroatoms. The van der Waals surface area contributed by atoms with E-state index in [1.165, 1.54) is 18.5 Å². The van der Waals surface area contributed by atoms with Gasteiger partial charge in [-0.3, -0.25) is 4.79 Å². The van der Waals surface area contributed by atoms with E-state index in [-0.39, 0.29) is 11.2 Å². The molecule has 24 heavy (non-hydrogen) atoms. The molecule has 1 atom stereocenters. The zero-order valence-electron chi connectivity index (χ0n) is 14.1. The van der Waals surface area contributed by atoms with Crippen LogP contribution >= 0.6 is 11.8 Å². The molecule has 1 heterocycles. The zero-order chi connectivity index (χ0) is 16.8. The van der Waals surface area contributed by atoms with Gasteiger partial charge in [0.15, 0.2) is 0 Å². The van der Waals surface area contributed by atoms with Crippen LogP contribution in [-0.2, 0) is 11.3 Å². The van der Waals surface area contributed by atoms with Crippen LogP contribution in [0.1, 0.15) is 25.3 Å². The normalized spacial score (nSPS) is 15.3. The van der Waals surface area contributed by atoms with Gasteiger partial charge in [0.1, 0.15) is 0 Å². The second kappa shape index (κ2) is 8.25. The standard InChI is InChI=1S/C20H24N2OS/c1-16(24-19-7-3-2-4-8-19)20(23)21-15-17-9-11-18(12-10-17)22-13-5-6-14-22/h2-4,7-12,16H,5-6,13-15H2,1H3,(H,21,23). The molecule has 3 nitrogen and oxygen atoms in total. The Morgan fingerprint density at radius 3 is 2.42 bits per heavy atom. The smallest absolute Gasteiger partial charge is 0.233 e. The second-order valence-corrected chi connectivity index (χ2v) is 7.57. The first-order chi connectivity index (χ1) is 11.7. The van der Waals surface area contributed by atoms with Gasteiger partial charge in [-0.2, -0.15) is 0 Å². The summed E-state index contributed by atoms with van der Waals surface area (Å²) in [6.07, 6.45) is 2.57. The van der Waals surface area contributed by atoms with Gasteiger partial charge in [-0.05, 0) is 49.6 Å². The molecule has 3 rings (SSSR count). The summed E-state index contributed by atoms with van der Waals surface area (Å²) in [5.41, 5.74) is 2.43. The van der Waals surface area contributed by atoms with Crippen molar-refractivity contribution in [3.8, 4) is 0 Å². The van der Waals surface area contributed by atoms with Crippen LogP contribution in [0.3, 0.4) is 0 Å². The summed E-state index contributed by atoms with van der Waals surface area (Å²) in [5, 5.41) is 2.93. The van der Waals surface area contributed by atoms with Crippen LogP contribution in [-0.4, -0.2) is 24.2 Å². The van der Waals surface area contributed by atoms with Gasteiger partial charge in [0.05, 0.1) is 5.25 Å². The highest BCUT2D eigenvalue weighted by Gasteiger charge is 2.14. The number of amides is 1. The predicted molar refractivity (Wildman–Crippen MR) is 101 cm³/mol. The molecule has 0 radical (unpaired) electrons. The number of carbonyl (C=O) groups excluding carboxylic acids is 1. The lowest BCUT2D eigenvalue weighted by Gasteiger charge is -2.18. The lowest BCUT2D eigenvalue weighted by atomic mass is 10.2. The third kappa shape index (κ3) is 4.54. The van der Waals surface area contributed by atoms with E-state index in [1.807, 2.05) is 37.3 Å². The lowest BCUT2D eigenvalue weighted by molar-refractivity contribution is -0.120. The molecule has 2 aromatic rings. The number of benzene rings is 2. The summed E-state index contributed by atoms with van der Waals surface area (Å²) in [5.74, 6) is 0.0764. The van der Waals surface area contributed by atoms with Crippen molar-refractivity contribution in [2.24, 2.45) is 0 Å². The van der Waals surface area contributed by atoms with E-state index in [4.69, 9.17) is 0 Å². The molecule has 1 unspecified atom stereocenters. The third-order valence-corrected chi connectivity index (χ3v) is 5.41. The largest absolute Gasteiger partial charge is 0.372 e. The molecule has 0 aromatic heterocycles. The van der Waals surface area contributed by atoms with Gasteiger partial charge >= 0.3 is 0 Å². The number of anilines is 1. The van der Waals surface area contributed by atoms with Crippen LogP contribution in [0, 0.1) is 0 Å². The minimum atomic E-state index is -0.101. The molecule has 0 bridgehead atoms. The van der Waals surface area contributed by atoms with E-state index in [2.05, 4.69) is 34.5 Å². The molecule has 1 N–H and O–H groups in total. The van der Waals surface area contributed by atoms with Gasteiger partial charge in [-0.1, -0.05) is 30.3 Å². The van der Waals surface area contributed by atoms with E-state index < -0.39 is 0 Å². The first kappa shape index (κ1) is 16.9. The maximum atomic E-state index is 12.3. The van der Waals surface area contributed by atoms with Crippen LogP contribution in [0.4, 0.5) is 5.69 Å². The highest BCUT2D eigenvalue weighted by molar-refractivity contribution is 8.00. The van der Waals surface area contributed by atoms with E-state index in [9.17, 15) is 4.79 Å². The Morgan fingerprint density at radius 2 is 1.75 bits per heavy atom. The van der Waals surface area contributed by atoms with Crippen molar-refractivity contribution in [1.29, 1.82) is 0 Å². The number of thioether (sulfide) groups is 1. The fourth-order valence-electron chi connectivity index (χ4n) is 2.89. The summed E-state index contributed by atoms with van der Waals surface area (Å²) in [6.45, 7) is 4.84. The fraction of sp³-hybridized carbons (Fsp3) is 0.350. The van der Waals surface area contributed by atoms with Crippen LogP contribution in [0.25, 0.3) is 0 Å². The highest BCUT2D eigenvalue weighted by Crippen LogP contribution is 2.23. The molecular weight excluding hydrogens is 316 g/mol. The number of rotatable bonds is 6. The van der Waals surface area contributed by atoms with E-state index in [1.54, 1.807) is 11.8 Å². The van der Waals surface area contributed by atoms with Crippen LogP contribution in [0.5, 0.6) is 0 Å². The number of nitrogens with one attached hydrogen (secondary N) is 1. The number of hydrogen-bond donors (Lipinski definition) is 1. The van der Waals surface area contributed by atoms with Crippen LogP contribution < -0.4 is 10.2 Å². The molecule has 126 valence electrons. The Morgan fingerprint density at radius 1 is 1.08 bits per heavy atom. The summed E-state index contributed by atoms with van der Waals surface area (Å²) in [6, 6.07) is 18.6. The number of hydrogen-bond acceptors (Lipinski definition) is 3. The zero-order valence-corrected chi connectivity index (χ0v) is 14.9. The predicted octanol–water partition coefficient (Wildman–Crippen LogP) is 4.08. The van der Waals surface area contributed by atoms with Crippen LogP contribution in [0.15, 0.2) is 59.5 Å². The van der Waals surface area contributed by atoms with Gasteiger partial charge < -0.3 is 10.2 Å². The molecule has 0 spiro atoms. The monoisotopic (exact) mass is 340 g/mol. The van der Waals surface area contributed by atoms with Crippen molar-refractivity contribution < 1.29 is 4.79 Å². The Hall–Kier alpha value is -1.94.